The minimum atomic E-state index is -0.578. The maximum absolute atomic E-state index is 12.2. The Bertz CT molecular complexity index is 1220. The van der Waals surface area contributed by atoms with E-state index in [4.69, 9.17) is 9.47 Å². The second-order valence-electron chi connectivity index (χ2n) is 15.1. The molecular formula is C55H88O4. The van der Waals surface area contributed by atoms with Crippen molar-refractivity contribution >= 4 is 5.97 Å². The first-order valence-electron chi connectivity index (χ1n) is 23.8. The van der Waals surface area contributed by atoms with Crippen molar-refractivity contribution in [3.8, 4) is 0 Å². The number of carbonyl (C=O) groups excluding carboxylic acids is 1. The topological polar surface area (TPSA) is 55.8 Å². The van der Waals surface area contributed by atoms with Crippen molar-refractivity contribution in [3.63, 3.8) is 0 Å². The van der Waals surface area contributed by atoms with E-state index >= 15 is 0 Å². The lowest BCUT2D eigenvalue weighted by Crippen LogP contribution is -2.27. The first-order valence-corrected chi connectivity index (χ1v) is 23.8. The number of aliphatic hydroxyl groups excluding tert-OH is 1. The van der Waals surface area contributed by atoms with Crippen LogP contribution in [-0.2, 0) is 14.3 Å². The molecule has 0 radical (unpaired) electrons. The maximum atomic E-state index is 12.2. The van der Waals surface area contributed by atoms with Crippen LogP contribution < -0.4 is 0 Å². The van der Waals surface area contributed by atoms with Crippen molar-refractivity contribution in [1.29, 1.82) is 0 Å². The highest BCUT2D eigenvalue weighted by molar-refractivity contribution is 5.69. The third-order valence-electron chi connectivity index (χ3n) is 9.47. The van der Waals surface area contributed by atoms with Crippen molar-refractivity contribution in [2.24, 2.45) is 0 Å². The molecule has 1 unspecified atom stereocenters. The number of hydrogen-bond acceptors (Lipinski definition) is 4. The van der Waals surface area contributed by atoms with E-state index in [-0.39, 0.29) is 19.2 Å². The van der Waals surface area contributed by atoms with E-state index < -0.39 is 6.10 Å². The van der Waals surface area contributed by atoms with Gasteiger partial charge in [-0.3, -0.25) is 4.79 Å². The van der Waals surface area contributed by atoms with Crippen molar-refractivity contribution < 1.29 is 19.4 Å². The van der Waals surface area contributed by atoms with Gasteiger partial charge in [0.2, 0.25) is 0 Å². The largest absolute Gasteiger partial charge is 0.457 e. The molecule has 0 rings (SSSR count). The second-order valence-corrected chi connectivity index (χ2v) is 15.1. The first-order chi connectivity index (χ1) is 29.2. The molecule has 0 amide bonds. The first kappa shape index (κ1) is 55.5. The van der Waals surface area contributed by atoms with Crippen LogP contribution in [0.25, 0.3) is 0 Å². The lowest BCUT2D eigenvalue weighted by atomic mass is 10.1. The van der Waals surface area contributed by atoms with Gasteiger partial charge in [-0.05, 0) is 103 Å². The molecule has 0 aliphatic heterocycles. The molecule has 0 spiro atoms. The van der Waals surface area contributed by atoms with Crippen LogP contribution in [0.2, 0.25) is 0 Å². The monoisotopic (exact) mass is 813 g/mol. The number of esters is 1. The van der Waals surface area contributed by atoms with E-state index in [0.29, 0.717) is 13.0 Å². The molecule has 0 aromatic rings. The molecule has 0 saturated heterocycles. The van der Waals surface area contributed by atoms with Gasteiger partial charge in [0.25, 0.3) is 0 Å². The molecule has 4 nitrogen and oxygen atoms in total. The Kier molecular flexibility index (Phi) is 47.7. The van der Waals surface area contributed by atoms with Crippen molar-refractivity contribution in [2.45, 2.75) is 187 Å². The molecule has 1 N–H and O–H groups in total. The highest BCUT2D eigenvalue weighted by Crippen LogP contribution is 2.13. The van der Waals surface area contributed by atoms with Crippen LogP contribution in [0.4, 0.5) is 0 Å². The van der Waals surface area contributed by atoms with Crippen molar-refractivity contribution in [1.82, 2.24) is 0 Å². The Morgan fingerprint density at radius 2 is 0.712 bits per heavy atom. The van der Waals surface area contributed by atoms with E-state index in [9.17, 15) is 9.90 Å². The van der Waals surface area contributed by atoms with Gasteiger partial charge in [-0.1, -0.05) is 205 Å². The summed E-state index contributed by atoms with van der Waals surface area (Å²) in [6.45, 7) is 5.03. The highest BCUT2D eigenvalue weighted by Gasteiger charge is 2.13. The van der Waals surface area contributed by atoms with Crippen LogP contribution >= 0.6 is 0 Å². The molecule has 1 atom stereocenters. The van der Waals surface area contributed by atoms with Crippen LogP contribution in [0, 0.1) is 0 Å². The summed E-state index contributed by atoms with van der Waals surface area (Å²) in [7, 11) is 0. The molecule has 4 heteroatoms. The molecular weight excluding hydrogens is 725 g/mol. The average Bonchev–Trinajstić information content (AvgIpc) is 3.24. The minimum absolute atomic E-state index is 0.205. The SMILES string of the molecule is CC/C=C\C/C=C\C/C=C\C/C=C\C/C=C\C/C=C\C/C=C\CCCC(=O)OC(CO)COCCCCCCCCCCCCC/C=C\C/C=C\C/C=C\C/C=C\CC. The fourth-order valence-corrected chi connectivity index (χ4v) is 6.01. The van der Waals surface area contributed by atoms with E-state index in [1.807, 2.05) is 0 Å². The summed E-state index contributed by atoms with van der Waals surface area (Å²) < 4.78 is 11.1. The maximum Gasteiger partial charge on any atom is 0.306 e. The molecule has 59 heavy (non-hydrogen) atoms. The van der Waals surface area contributed by atoms with E-state index in [0.717, 1.165) is 96.3 Å². The normalized spacial score (nSPS) is 13.6. The molecule has 0 bridgehead atoms. The van der Waals surface area contributed by atoms with Crippen molar-refractivity contribution in [2.75, 3.05) is 19.8 Å². The number of aliphatic hydroxyl groups is 1. The van der Waals surface area contributed by atoms with Gasteiger partial charge in [-0.25, -0.2) is 0 Å². The zero-order valence-corrected chi connectivity index (χ0v) is 38.0. The lowest BCUT2D eigenvalue weighted by Gasteiger charge is -2.15. The summed E-state index contributed by atoms with van der Waals surface area (Å²) in [5.74, 6) is -0.264. The number of ether oxygens (including phenoxy) is 2. The summed E-state index contributed by atoms with van der Waals surface area (Å²) in [6.07, 6.45) is 76.7. The summed E-state index contributed by atoms with van der Waals surface area (Å²) in [5.41, 5.74) is 0. The molecule has 0 fully saturated rings. The number of unbranched alkanes of at least 4 members (excludes halogenated alkanes) is 12. The van der Waals surface area contributed by atoms with Crippen LogP contribution in [0.3, 0.4) is 0 Å². The Balaban J connectivity index is 3.58. The molecule has 0 aromatic carbocycles. The van der Waals surface area contributed by atoms with E-state index in [1.165, 1.54) is 64.2 Å². The number of allylic oxidation sites excluding steroid dienone is 22. The van der Waals surface area contributed by atoms with E-state index in [1.54, 1.807) is 0 Å². The zero-order chi connectivity index (χ0) is 42.6. The van der Waals surface area contributed by atoms with Crippen LogP contribution in [-0.4, -0.2) is 37.0 Å². The molecule has 0 saturated carbocycles. The number of carbonyl (C=O) groups is 1. The Morgan fingerprint density at radius 3 is 1.07 bits per heavy atom. The predicted octanol–water partition coefficient (Wildman–Crippen LogP) is 16.2. The van der Waals surface area contributed by atoms with Crippen LogP contribution in [0.5, 0.6) is 0 Å². The van der Waals surface area contributed by atoms with E-state index in [2.05, 4.69) is 148 Å². The van der Waals surface area contributed by atoms with Gasteiger partial charge in [-0.15, -0.1) is 0 Å². The Hall–Kier alpha value is -3.47. The highest BCUT2D eigenvalue weighted by atomic mass is 16.6. The third kappa shape index (κ3) is 48.8. The third-order valence-corrected chi connectivity index (χ3v) is 9.47. The number of hydrogen-bond donors (Lipinski definition) is 1. The molecule has 0 aliphatic rings. The quantitative estimate of drug-likeness (QED) is 0.0379. The van der Waals surface area contributed by atoms with Gasteiger partial charge >= 0.3 is 5.97 Å². The van der Waals surface area contributed by atoms with Gasteiger partial charge in [0, 0.05) is 13.0 Å². The lowest BCUT2D eigenvalue weighted by molar-refractivity contribution is -0.154. The standard InChI is InChI=1S/C55H88O4/c1-3-5-7-9-11-13-15-17-19-21-23-25-27-29-31-33-35-37-39-41-43-45-47-49-51-58-53-54(52-56)59-55(57)50-48-46-44-42-40-38-36-34-32-30-28-26-24-22-20-18-16-14-12-10-8-6-4-2/h5-8,11-14,17-20,23-26,30,32,36,38,42,44,54,56H,3-4,9-10,15-16,21-22,27-29,31,33-35,37,39-41,43,45-53H2,1-2H3/b7-5-,8-6-,13-11-,14-12-,19-17-,20-18-,25-23-,26-24-,32-30-,38-36-,44-42-. The molecule has 0 aromatic heterocycles. The molecule has 332 valence electrons. The minimum Gasteiger partial charge on any atom is -0.457 e. The van der Waals surface area contributed by atoms with Gasteiger partial charge < -0.3 is 14.6 Å². The van der Waals surface area contributed by atoms with Gasteiger partial charge in [0.05, 0.1) is 13.2 Å². The number of rotatable bonds is 42. The Labute approximate surface area is 364 Å². The fraction of sp³-hybridized carbons (Fsp3) is 0.582. The van der Waals surface area contributed by atoms with Gasteiger partial charge in [0.1, 0.15) is 6.10 Å². The second kappa shape index (κ2) is 50.7. The van der Waals surface area contributed by atoms with Crippen molar-refractivity contribution in [3.05, 3.63) is 134 Å². The zero-order valence-electron chi connectivity index (χ0n) is 38.0. The average molecular weight is 813 g/mol. The molecule has 0 heterocycles. The van der Waals surface area contributed by atoms with Gasteiger partial charge in [0.15, 0.2) is 0 Å². The summed E-state index contributed by atoms with van der Waals surface area (Å²) in [6, 6.07) is 0. The Morgan fingerprint density at radius 1 is 0.407 bits per heavy atom. The smallest absolute Gasteiger partial charge is 0.306 e. The summed E-state index contributed by atoms with van der Waals surface area (Å²) >= 11 is 0. The summed E-state index contributed by atoms with van der Waals surface area (Å²) in [4.78, 5) is 12.2. The van der Waals surface area contributed by atoms with Crippen LogP contribution in [0.1, 0.15) is 181 Å². The predicted molar refractivity (Wildman–Crippen MR) is 260 cm³/mol. The van der Waals surface area contributed by atoms with Gasteiger partial charge in [-0.2, -0.15) is 0 Å². The van der Waals surface area contributed by atoms with Crippen LogP contribution in [0.15, 0.2) is 134 Å². The summed E-state index contributed by atoms with van der Waals surface area (Å²) in [5, 5.41) is 9.63. The fourth-order valence-electron chi connectivity index (χ4n) is 6.01. The molecule has 0 aliphatic carbocycles.